The first kappa shape index (κ1) is 13.4. The summed E-state index contributed by atoms with van der Waals surface area (Å²) in [4.78, 5) is 0. The van der Waals surface area contributed by atoms with Crippen molar-refractivity contribution in [1.29, 1.82) is 0 Å². The summed E-state index contributed by atoms with van der Waals surface area (Å²) in [6.07, 6.45) is 5.85. The van der Waals surface area contributed by atoms with Crippen LogP contribution in [0.5, 0.6) is 0 Å². The Bertz CT molecular complexity index is 430. The van der Waals surface area contributed by atoms with Crippen LogP contribution in [0.4, 0.5) is 5.69 Å². The molecule has 0 aliphatic heterocycles. The van der Waals surface area contributed by atoms with Crippen molar-refractivity contribution in [2.75, 3.05) is 12.8 Å². The Balaban J connectivity index is 3.18. The highest BCUT2D eigenvalue weighted by molar-refractivity contribution is 5.78. The fraction of sp³-hybridized carbons (Fsp3) is 0.333. The van der Waals surface area contributed by atoms with E-state index in [-0.39, 0.29) is 5.41 Å². The fourth-order valence-electron chi connectivity index (χ4n) is 1.94. The van der Waals surface area contributed by atoms with Gasteiger partial charge < -0.3 is 10.5 Å². The van der Waals surface area contributed by atoms with Crippen LogP contribution < -0.4 is 5.73 Å². The molecule has 0 spiro atoms. The van der Waals surface area contributed by atoms with E-state index in [1.165, 1.54) is 5.57 Å². The van der Waals surface area contributed by atoms with Gasteiger partial charge in [-0.2, -0.15) is 0 Å². The summed E-state index contributed by atoms with van der Waals surface area (Å²) in [5.74, 6) is 0. The molecule has 0 amide bonds. The van der Waals surface area contributed by atoms with Crippen LogP contribution in [0, 0.1) is 5.41 Å². The van der Waals surface area contributed by atoms with Gasteiger partial charge in [-0.05, 0) is 24.6 Å². The molecule has 1 rings (SSSR count). The Morgan fingerprint density at radius 2 is 1.94 bits per heavy atom. The number of nitrogens with two attached hydrogens (primary N) is 1. The summed E-state index contributed by atoms with van der Waals surface area (Å²) < 4.78 is 5.00. The number of rotatable bonds is 4. The van der Waals surface area contributed by atoms with E-state index < -0.39 is 0 Å². The zero-order chi connectivity index (χ0) is 12.9. The van der Waals surface area contributed by atoms with Crippen molar-refractivity contribution in [3.63, 3.8) is 0 Å². The van der Waals surface area contributed by atoms with Crippen molar-refractivity contribution in [2.45, 2.75) is 20.8 Å². The molecule has 92 valence electrons. The molecule has 0 unspecified atom stereocenters. The highest BCUT2D eigenvalue weighted by atomic mass is 16.5. The van der Waals surface area contributed by atoms with Gasteiger partial charge in [0.25, 0.3) is 0 Å². The van der Waals surface area contributed by atoms with E-state index in [2.05, 4.69) is 19.9 Å². The van der Waals surface area contributed by atoms with Gasteiger partial charge in [0.1, 0.15) is 0 Å². The average Bonchev–Trinajstić information content (AvgIpc) is 2.30. The van der Waals surface area contributed by atoms with E-state index >= 15 is 0 Å². The monoisotopic (exact) mass is 231 g/mol. The standard InChI is InChI=1S/C15H21NO/c1-5-13(15(2,3)10-11-17-4)12-8-6-7-9-14(12)16/h5-11H,16H2,1-4H3/b11-10+,13-5+. The molecular formula is C15H21NO. The molecule has 1 aromatic rings. The molecule has 0 radical (unpaired) electrons. The number of para-hydroxylation sites is 1. The Kier molecular flexibility index (Phi) is 4.38. The smallest absolute Gasteiger partial charge is 0.0793 e. The molecule has 0 aromatic heterocycles. The molecule has 17 heavy (non-hydrogen) atoms. The third kappa shape index (κ3) is 3.13. The normalized spacial score (nSPS) is 13.1. The Morgan fingerprint density at radius 3 is 2.47 bits per heavy atom. The van der Waals surface area contributed by atoms with Gasteiger partial charge in [0.15, 0.2) is 0 Å². The molecule has 0 atom stereocenters. The molecule has 2 heteroatoms. The molecular weight excluding hydrogens is 210 g/mol. The summed E-state index contributed by atoms with van der Waals surface area (Å²) in [5, 5.41) is 0. The lowest BCUT2D eigenvalue weighted by molar-refractivity contribution is 0.332. The van der Waals surface area contributed by atoms with Crippen molar-refractivity contribution < 1.29 is 4.74 Å². The lowest BCUT2D eigenvalue weighted by Gasteiger charge is -2.25. The lowest BCUT2D eigenvalue weighted by atomic mass is 9.79. The molecule has 0 bridgehead atoms. The molecule has 1 aromatic carbocycles. The topological polar surface area (TPSA) is 35.2 Å². The predicted octanol–water partition coefficient (Wildman–Crippen LogP) is 3.86. The second-order valence-corrected chi connectivity index (χ2v) is 4.55. The van der Waals surface area contributed by atoms with Crippen molar-refractivity contribution in [1.82, 2.24) is 0 Å². The molecule has 2 nitrogen and oxygen atoms in total. The summed E-state index contributed by atoms with van der Waals surface area (Å²) in [7, 11) is 1.65. The Hall–Kier alpha value is -1.70. The van der Waals surface area contributed by atoms with Crippen molar-refractivity contribution in [3.05, 3.63) is 48.2 Å². The molecule has 2 N–H and O–H groups in total. The summed E-state index contributed by atoms with van der Waals surface area (Å²) in [5.41, 5.74) is 9.00. The third-order valence-corrected chi connectivity index (χ3v) is 2.85. The summed E-state index contributed by atoms with van der Waals surface area (Å²) in [6, 6.07) is 7.93. The third-order valence-electron chi connectivity index (χ3n) is 2.85. The van der Waals surface area contributed by atoms with Crippen LogP contribution in [0.1, 0.15) is 26.3 Å². The molecule has 0 saturated carbocycles. The molecule has 0 aliphatic rings. The lowest BCUT2D eigenvalue weighted by Crippen LogP contribution is -2.12. The first-order valence-electron chi connectivity index (χ1n) is 5.75. The van der Waals surface area contributed by atoms with Crippen molar-refractivity contribution >= 4 is 11.3 Å². The molecule has 0 saturated heterocycles. The van der Waals surface area contributed by atoms with Crippen LogP contribution in [-0.2, 0) is 4.74 Å². The number of anilines is 1. The Labute approximate surface area is 104 Å². The first-order chi connectivity index (χ1) is 8.03. The van der Waals surface area contributed by atoms with Crippen molar-refractivity contribution in [3.8, 4) is 0 Å². The van der Waals surface area contributed by atoms with Gasteiger partial charge in [-0.25, -0.2) is 0 Å². The van der Waals surface area contributed by atoms with Crippen LogP contribution in [0.2, 0.25) is 0 Å². The molecule has 0 heterocycles. The van der Waals surface area contributed by atoms with E-state index in [0.29, 0.717) is 0 Å². The largest absolute Gasteiger partial charge is 0.505 e. The van der Waals surface area contributed by atoms with Crippen LogP contribution in [0.3, 0.4) is 0 Å². The second-order valence-electron chi connectivity index (χ2n) is 4.55. The zero-order valence-corrected chi connectivity index (χ0v) is 11.0. The number of allylic oxidation sites excluding steroid dienone is 3. The minimum atomic E-state index is -0.111. The van der Waals surface area contributed by atoms with Crippen molar-refractivity contribution in [2.24, 2.45) is 5.41 Å². The minimum Gasteiger partial charge on any atom is -0.505 e. The number of nitrogen functional groups attached to an aromatic ring is 1. The van der Waals surface area contributed by atoms with E-state index in [4.69, 9.17) is 10.5 Å². The molecule has 0 aliphatic carbocycles. The molecule has 0 fully saturated rings. The summed E-state index contributed by atoms with van der Waals surface area (Å²) in [6.45, 7) is 6.32. The Morgan fingerprint density at radius 1 is 1.29 bits per heavy atom. The summed E-state index contributed by atoms with van der Waals surface area (Å²) >= 11 is 0. The number of methoxy groups -OCH3 is 1. The zero-order valence-electron chi connectivity index (χ0n) is 11.0. The minimum absolute atomic E-state index is 0.111. The number of hydrogen-bond donors (Lipinski definition) is 1. The van der Waals surface area contributed by atoms with E-state index in [9.17, 15) is 0 Å². The maximum atomic E-state index is 6.03. The van der Waals surface area contributed by atoms with Gasteiger partial charge >= 0.3 is 0 Å². The SMILES string of the molecule is C/C=C(\c1ccccc1N)C(C)(C)/C=C/OC. The van der Waals surface area contributed by atoms with Crippen LogP contribution in [0.25, 0.3) is 5.57 Å². The first-order valence-corrected chi connectivity index (χ1v) is 5.75. The number of ether oxygens (including phenoxy) is 1. The maximum absolute atomic E-state index is 6.03. The van der Waals surface area contributed by atoms with Gasteiger partial charge in [-0.3, -0.25) is 0 Å². The van der Waals surface area contributed by atoms with Crippen LogP contribution in [-0.4, -0.2) is 7.11 Å². The van der Waals surface area contributed by atoms with E-state index in [0.717, 1.165) is 11.3 Å². The number of benzene rings is 1. The van der Waals surface area contributed by atoms with Gasteiger partial charge in [0, 0.05) is 16.7 Å². The highest BCUT2D eigenvalue weighted by Crippen LogP contribution is 2.38. The van der Waals surface area contributed by atoms with Crippen LogP contribution >= 0.6 is 0 Å². The van der Waals surface area contributed by atoms with E-state index in [1.54, 1.807) is 13.4 Å². The maximum Gasteiger partial charge on any atom is 0.0793 e. The quantitative estimate of drug-likeness (QED) is 0.631. The van der Waals surface area contributed by atoms with Crippen LogP contribution in [0.15, 0.2) is 42.7 Å². The second kappa shape index (κ2) is 5.58. The predicted molar refractivity (Wildman–Crippen MR) is 74.4 cm³/mol. The van der Waals surface area contributed by atoms with Gasteiger partial charge in [-0.1, -0.05) is 38.1 Å². The van der Waals surface area contributed by atoms with Gasteiger partial charge in [-0.15, -0.1) is 0 Å². The highest BCUT2D eigenvalue weighted by Gasteiger charge is 2.22. The number of hydrogen-bond acceptors (Lipinski definition) is 2. The van der Waals surface area contributed by atoms with Gasteiger partial charge in [0.05, 0.1) is 13.4 Å². The van der Waals surface area contributed by atoms with E-state index in [1.807, 2.05) is 37.3 Å². The average molecular weight is 231 g/mol. The fourth-order valence-corrected chi connectivity index (χ4v) is 1.94. The van der Waals surface area contributed by atoms with Gasteiger partial charge in [0.2, 0.25) is 0 Å².